The van der Waals surface area contributed by atoms with Gasteiger partial charge in [0.2, 0.25) is 0 Å². The van der Waals surface area contributed by atoms with Crippen molar-refractivity contribution in [3.05, 3.63) is 85.2 Å². The monoisotopic (exact) mass is 423 g/mol. The average molecular weight is 423 g/mol. The number of fused-ring (bicyclic) bond motifs is 1. The van der Waals surface area contributed by atoms with Crippen LogP contribution in [0, 0.1) is 0 Å². The van der Waals surface area contributed by atoms with Gasteiger partial charge in [0.25, 0.3) is 0 Å². The van der Waals surface area contributed by atoms with E-state index >= 15 is 0 Å². The van der Waals surface area contributed by atoms with Gasteiger partial charge in [0.15, 0.2) is 5.65 Å². The molecule has 1 aromatic carbocycles. The van der Waals surface area contributed by atoms with E-state index in [9.17, 15) is 4.79 Å². The second-order valence-corrected chi connectivity index (χ2v) is 7.34. The number of carbonyl (C=O) groups is 1. The second kappa shape index (κ2) is 7.31. The van der Waals surface area contributed by atoms with Gasteiger partial charge in [-0.15, -0.1) is 0 Å². The van der Waals surface area contributed by atoms with E-state index in [1.807, 2.05) is 42.5 Å². The van der Waals surface area contributed by atoms with Crippen LogP contribution in [0.25, 0.3) is 28.2 Å². The third-order valence-electron chi connectivity index (χ3n) is 5.47. The zero-order valence-electron chi connectivity index (χ0n) is 16.8. The van der Waals surface area contributed by atoms with Crippen LogP contribution in [-0.2, 0) is 4.74 Å². The van der Waals surface area contributed by atoms with Gasteiger partial charge in [0.05, 0.1) is 11.9 Å². The highest BCUT2D eigenvalue weighted by atomic mass is 16.6. The smallest absolute Gasteiger partial charge is 0.416 e. The Morgan fingerprint density at radius 1 is 1.00 bits per heavy atom. The Balaban J connectivity index is 1.39. The van der Waals surface area contributed by atoms with Crippen molar-refractivity contribution in [2.24, 2.45) is 0 Å². The van der Waals surface area contributed by atoms with E-state index in [1.54, 1.807) is 46.5 Å². The first-order valence-corrected chi connectivity index (χ1v) is 10.1. The number of aromatic nitrogens is 6. The Morgan fingerprint density at radius 2 is 1.88 bits per heavy atom. The number of hydrogen-bond donors (Lipinski definition) is 1. The molecule has 0 spiro atoms. The lowest BCUT2D eigenvalue weighted by molar-refractivity contribution is 0.178. The predicted molar refractivity (Wildman–Crippen MR) is 117 cm³/mol. The van der Waals surface area contributed by atoms with Crippen LogP contribution in [0.1, 0.15) is 11.7 Å². The van der Waals surface area contributed by atoms with Gasteiger partial charge in [-0.1, -0.05) is 30.3 Å². The number of nitrogens with one attached hydrogen (secondary N) is 1. The van der Waals surface area contributed by atoms with Gasteiger partial charge < -0.3 is 9.72 Å². The summed E-state index contributed by atoms with van der Waals surface area (Å²) in [4.78, 5) is 30.6. The van der Waals surface area contributed by atoms with Gasteiger partial charge in [0, 0.05) is 35.9 Å². The number of H-pyrrole nitrogens is 1. The molecular weight excluding hydrogens is 406 g/mol. The van der Waals surface area contributed by atoms with E-state index in [0.717, 1.165) is 28.2 Å². The number of nitrogens with zero attached hydrogens (tertiary/aromatic N) is 6. The van der Waals surface area contributed by atoms with Gasteiger partial charge in [-0.05, 0) is 23.8 Å². The second-order valence-electron chi connectivity index (χ2n) is 7.34. The van der Waals surface area contributed by atoms with Crippen molar-refractivity contribution in [3.63, 3.8) is 0 Å². The molecule has 6 rings (SSSR count). The van der Waals surface area contributed by atoms with E-state index in [0.29, 0.717) is 11.5 Å². The first kappa shape index (κ1) is 18.3. The Morgan fingerprint density at radius 3 is 2.66 bits per heavy atom. The lowest BCUT2D eigenvalue weighted by Crippen LogP contribution is -2.28. The van der Waals surface area contributed by atoms with Crippen molar-refractivity contribution in [1.29, 1.82) is 0 Å². The third-order valence-corrected chi connectivity index (χ3v) is 5.47. The molecule has 156 valence electrons. The Kier molecular flexibility index (Phi) is 4.17. The Hall–Kier alpha value is -4.53. The zero-order chi connectivity index (χ0) is 21.5. The Bertz CT molecular complexity index is 1400. The quantitative estimate of drug-likeness (QED) is 0.471. The van der Waals surface area contributed by atoms with Crippen LogP contribution >= 0.6 is 0 Å². The fourth-order valence-electron chi connectivity index (χ4n) is 3.89. The molecule has 1 aliphatic heterocycles. The molecule has 1 saturated heterocycles. The van der Waals surface area contributed by atoms with Crippen LogP contribution in [0.2, 0.25) is 0 Å². The number of carbonyl (C=O) groups excluding carboxylic acids is 1. The molecule has 5 heterocycles. The van der Waals surface area contributed by atoms with Crippen LogP contribution in [0.5, 0.6) is 0 Å². The molecule has 1 amide bonds. The number of anilines is 1. The topological polar surface area (TPSA) is 101 Å². The maximum absolute atomic E-state index is 12.5. The molecule has 9 heteroatoms. The molecule has 9 nitrogen and oxygen atoms in total. The van der Waals surface area contributed by atoms with E-state index in [-0.39, 0.29) is 12.6 Å². The number of benzene rings is 1. The van der Waals surface area contributed by atoms with Crippen LogP contribution in [0.3, 0.4) is 0 Å². The third kappa shape index (κ3) is 2.99. The maximum atomic E-state index is 12.5. The summed E-state index contributed by atoms with van der Waals surface area (Å²) in [7, 11) is 0. The summed E-state index contributed by atoms with van der Waals surface area (Å²) in [6.07, 6.45) is 8.34. The van der Waals surface area contributed by atoms with Crippen LogP contribution in [0.4, 0.5) is 10.6 Å². The minimum absolute atomic E-state index is 0.225. The summed E-state index contributed by atoms with van der Waals surface area (Å²) in [6, 6.07) is 15.0. The van der Waals surface area contributed by atoms with E-state index in [2.05, 4.69) is 20.1 Å². The van der Waals surface area contributed by atoms with E-state index in [1.165, 1.54) is 0 Å². The van der Waals surface area contributed by atoms with Gasteiger partial charge in [-0.25, -0.2) is 24.2 Å². The number of hydrogen-bond acceptors (Lipinski definition) is 6. The highest BCUT2D eigenvalue weighted by Gasteiger charge is 2.37. The summed E-state index contributed by atoms with van der Waals surface area (Å²) in [5, 5.41) is 4.42. The van der Waals surface area contributed by atoms with Gasteiger partial charge >= 0.3 is 6.09 Å². The molecule has 1 aliphatic rings. The number of imidazole rings is 1. The van der Waals surface area contributed by atoms with Gasteiger partial charge in [-0.3, -0.25) is 4.98 Å². The van der Waals surface area contributed by atoms with Crippen molar-refractivity contribution < 1.29 is 9.53 Å². The van der Waals surface area contributed by atoms with E-state index < -0.39 is 6.09 Å². The van der Waals surface area contributed by atoms with Crippen molar-refractivity contribution in [1.82, 2.24) is 29.5 Å². The normalized spacial score (nSPS) is 15.9. The maximum Gasteiger partial charge on any atom is 0.416 e. The minimum atomic E-state index is -0.443. The molecule has 1 fully saturated rings. The predicted octanol–water partition coefficient (Wildman–Crippen LogP) is 3.88. The van der Waals surface area contributed by atoms with Crippen molar-refractivity contribution in [2.45, 2.75) is 6.04 Å². The molecule has 1 atom stereocenters. The molecule has 1 N–H and O–H groups in total. The standard InChI is InChI=1S/C23H17N7O2/c31-23-30(19(14-32-23)18-3-1-2-9-24-18)20-8-12-29-22(28-20)17(13-27-29)15-4-6-16(7-5-15)21-25-10-11-26-21/h1-13,19H,14H2,(H,25,26). The fourth-order valence-corrected chi connectivity index (χ4v) is 3.89. The summed E-state index contributed by atoms with van der Waals surface area (Å²) in [6.45, 7) is 0.225. The SMILES string of the molecule is O=C1OCC(c2ccccn2)N1c1ccn2ncc(-c3ccc(-c4ncc[nH]4)cc3)c2n1. The van der Waals surface area contributed by atoms with Crippen LogP contribution in [0.15, 0.2) is 79.5 Å². The summed E-state index contributed by atoms with van der Waals surface area (Å²) >= 11 is 0. The lowest BCUT2D eigenvalue weighted by atomic mass is 10.1. The average Bonchev–Trinajstić information content (AvgIpc) is 3.59. The van der Waals surface area contributed by atoms with Crippen LogP contribution < -0.4 is 4.90 Å². The van der Waals surface area contributed by atoms with Gasteiger partial charge in [0.1, 0.15) is 24.3 Å². The molecule has 5 aromatic rings. The largest absolute Gasteiger partial charge is 0.446 e. The highest BCUT2D eigenvalue weighted by Crippen LogP contribution is 2.32. The lowest BCUT2D eigenvalue weighted by Gasteiger charge is -2.20. The molecule has 0 radical (unpaired) electrons. The summed E-state index contributed by atoms with van der Waals surface area (Å²) in [5.74, 6) is 1.30. The minimum Gasteiger partial charge on any atom is -0.446 e. The molecule has 1 unspecified atom stereocenters. The fraction of sp³-hybridized carbons (Fsp3) is 0.0870. The van der Waals surface area contributed by atoms with Gasteiger partial charge in [-0.2, -0.15) is 5.10 Å². The number of amides is 1. The Labute approximate surface area is 182 Å². The summed E-state index contributed by atoms with van der Waals surface area (Å²) < 4.78 is 7.01. The highest BCUT2D eigenvalue weighted by molar-refractivity contribution is 5.90. The van der Waals surface area contributed by atoms with Crippen molar-refractivity contribution >= 4 is 17.6 Å². The number of rotatable bonds is 4. The van der Waals surface area contributed by atoms with Crippen molar-refractivity contribution in [2.75, 3.05) is 11.5 Å². The first-order chi connectivity index (χ1) is 15.8. The number of cyclic esters (lactones) is 1. The number of ether oxygens (including phenoxy) is 1. The molecule has 32 heavy (non-hydrogen) atoms. The first-order valence-electron chi connectivity index (χ1n) is 10.1. The van der Waals surface area contributed by atoms with Crippen LogP contribution in [-0.4, -0.2) is 42.3 Å². The molecule has 4 aromatic heterocycles. The van der Waals surface area contributed by atoms with E-state index in [4.69, 9.17) is 9.72 Å². The molecule has 0 saturated carbocycles. The molecule has 0 bridgehead atoms. The molecule has 0 aliphatic carbocycles. The number of aromatic amines is 1. The molecular formula is C23H17N7O2. The summed E-state index contributed by atoms with van der Waals surface area (Å²) in [5.41, 5.74) is 4.21. The zero-order valence-corrected chi connectivity index (χ0v) is 16.8. The number of pyridine rings is 1. The van der Waals surface area contributed by atoms with Crippen molar-refractivity contribution in [3.8, 4) is 22.5 Å².